The first-order chi connectivity index (χ1) is 8.16. The van der Waals surface area contributed by atoms with Gasteiger partial charge in [0.2, 0.25) is 0 Å². The van der Waals surface area contributed by atoms with Crippen LogP contribution in [0.3, 0.4) is 0 Å². The van der Waals surface area contributed by atoms with Crippen molar-refractivity contribution in [2.45, 2.75) is 25.9 Å². The van der Waals surface area contributed by atoms with E-state index < -0.39 is 0 Å². The van der Waals surface area contributed by atoms with E-state index in [4.69, 9.17) is 0 Å². The predicted octanol–water partition coefficient (Wildman–Crippen LogP) is 2.68. The van der Waals surface area contributed by atoms with E-state index >= 15 is 0 Å². The minimum atomic E-state index is -0.137. The minimum absolute atomic E-state index is 0.137. The van der Waals surface area contributed by atoms with Gasteiger partial charge in [0.15, 0.2) is 0 Å². The lowest BCUT2D eigenvalue weighted by molar-refractivity contribution is 0.294. The maximum absolute atomic E-state index is 13.5. The summed E-state index contributed by atoms with van der Waals surface area (Å²) in [5, 5.41) is 6.82. The zero-order valence-electron chi connectivity index (χ0n) is 9.97. The third kappa shape index (κ3) is 3.50. The molecule has 1 fully saturated rings. The highest BCUT2D eigenvalue weighted by Crippen LogP contribution is 2.17. The summed E-state index contributed by atoms with van der Waals surface area (Å²) in [4.78, 5) is 0. The van der Waals surface area contributed by atoms with Crippen LogP contribution in [0, 0.1) is 11.7 Å². The van der Waals surface area contributed by atoms with E-state index in [9.17, 15) is 4.39 Å². The summed E-state index contributed by atoms with van der Waals surface area (Å²) in [6.07, 6.45) is 1.11. The SMILES string of the molecule is CC1CNCCC1NCc1cc(Br)ccc1F. The summed E-state index contributed by atoms with van der Waals surface area (Å²) in [6.45, 7) is 4.91. The topological polar surface area (TPSA) is 24.1 Å². The number of hydrogen-bond donors (Lipinski definition) is 2. The van der Waals surface area contributed by atoms with Crippen molar-refractivity contribution in [2.24, 2.45) is 5.92 Å². The fourth-order valence-corrected chi connectivity index (χ4v) is 2.65. The Bertz CT molecular complexity index is 384. The minimum Gasteiger partial charge on any atom is -0.316 e. The molecule has 1 aromatic carbocycles. The summed E-state index contributed by atoms with van der Waals surface area (Å²) in [5.74, 6) is 0.459. The molecule has 1 aromatic rings. The maximum Gasteiger partial charge on any atom is 0.127 e. The van der Waals surface area contributed by atoms with Crippen LogP contribution in [-0.2, 0) is 6.54 Å². The Kier molecular flexibility index (Phi) is 4.54. The summed E-state index contributed by atoms with van der Waals surface area (Å²) in [7, 11) is 0. The molecule has 0 bridgehead atoms. The molecule has 0 radical (unpaired) electrons. The standard InChI is InChI=1S/C13H18BrFN2/c1-9-7-16-5-4-13(9)17-8-10-6-11(14)2-3-12(10)15/h2-3,6,9,13,16-17H,4-5,7-8H2,1H3. The molecule has 2 N–H and O–H groups in total. The van der Waals surface area contributed by atoms with Crippen LogP contribution in [0.2, 0.25) is 0 Å². The Morgan fingerprint density at radius 1 is 1.53 bits per heavy atom. The van der Waals surface area contributed by atoms with Crippen molar-refractivity contribution in [3.8, 4) is 0 Å². The van der Waals surface area contributed by atoms with E-state index in [1.165, 1.54) is 6.07 Å². The van der Waals surface area contributed by atoms with E-state index in [0.29, 0.717) is 18.5 Å². The van der Waals surface area contributed by atoms with Crippen molar-refractivity contribution in [1.82, 2.24) is 10.6 Å². The Morgan fingerprint density at radius 2 is 2.35 bits per heavy atom. The number of halogens is 2. The number of hydrogen-bond acceptors (Lipinski definition) is 2. The van der Waals surface area contributed by atoms with Gasteiger partial charge < -0.3 is 10.6 Å². The summed E-state index contributed by atoms with van der Waals surface area (Å²) < 4.78 is 14.5. The molecular weight excluding hydrogens is 283 g/mol. The summed E-state index contributed by atoms with van der Waals surface area (Å²) in [5.41, 5.74) is 0.727. The Balaban J connectivity index is 1.94. The van der Waals surface area contributed by atoms with E-state index in [1.807, 2.05) is 6.07 Å². The second kappa shape index (κ2) is 5.94. The largest absolute Gasteiger partial charge is 0.316 e. The van der Waals surface area contributed by atoms with Crippen molar-refractivity contribution in [3.05, 3.63) is 34.1 Å². The monoisotopic (exact) mass is 300 g/mol. The van der Waals surface area contributed by atoms with Crippen molar-refractivity contribution >= 4 is 15.9 Å². The molecule has 2 rings (SSSR count). The van der Waals surface area contributed by atoms with Crippen molar-refractivity contribution < 1.29 is 4.39 Å². The molecular formula is C13H18BrFN2. The van der Waals surface area contributed by atoms with Crippen LogP contribution in [0.15, 0.2) is 22.7 Å². The van der Waals surface area contributed by atoms with Crippen LogP contribution < -0.4 is 10.6 Å². The third-order valence-electron chi connectivity index (χ3n) is 3.35. The molecule has 0 spiro atoms. The van der Waals surface area contributed by atoms with Gasteiger partial charge in [0.05, 0.1) is 0 Å². The highest BCUT2D eigenvalue weighted by Gasteiger charge is 2.20. The Labute approximate surface area is 110 Å². The maximum atomic E-state index is 13.5. The second-order valence-electron chi connectivity index (χ2n) is 4.69. The first kappa shape index (κ1) is 13.0. The average molecular weight is 301 g/mol. The van der Waals surface area contributed by atoms with Gasteiger partial charge in [-0.15, -0.1) is 0 Å². The fraction of sp³-hybridized carbons (Fsp3) is 0.538. The van der Waals surface area contributed by atoms with Crippen LogP contribution in [-0.4, -0.2) is 19.1 Å². The first-order valence-corrected chi connectivity index (χ1v) is 6.84. The van der Waals surface area contributed by atoms with E-state index in [2.05, 4.69) is 33.5 Å². The summed E-state index contributed by atoms with van der Waals surface area (Å²) >= 11 is 3.37. The molecule has 1 aliphatic heterocycles. The smallest absolute Gasteiger partial charge is 0.127 e. The van der Waals surface area contributed by atoms with Crippen molar-refractivity contribution in [3.63, 3.8) is 0 Å². The lowest BCUT2D eigenvalue weighted by Gasteiger charge is -2.30. The molecule has 0 amide bonds. The first-order valence-electron chi connectivity index (χ1n) is 6.05. The number of rotatable bonds is 3. The van der Waals surface area contributed by atoms with Crippen LogP contribution >= 0.6 is 15.9 Å². The molecule has 94 valence electrons. The van der Waals surface area contributed by atoms with Gasteiger partial charge >= 0.3 is 0 Å². The normalized spacial score (nSPS) is 24.9. The molecule has 0 aromatic heterocycles. The molecule has 1 aliphatic rings. The summed E-state index contributed by atoms with van der Waals surface area (Å²) in [6, 6.07) is 5.56. The highest BCUT2D eigenvalue weighted by atomic mass is 79.9. The van der Waals surface area contributed by atoms with Gasteiger partial charge in [-0.3, -0.25) is 0 Å². The van der Waals surface area contributed by atoms with E-state index in [0.717, 1.165) is 29.5 Å². The molecule has 1 heterocycles. The van der Waals surface area contributed by atoms with E-state index in [-0.39, 0.29) is 5.82 Å². The number of nitrogens with one attached hydrogen (secondary N) is 2. The predicted molar refractivity (Wildman–Crippen MR) is 71.4 cm³/mol. The molecule has 2 unspecified atom stereocenters. The quantitative estimate of drug-likeness (QED) is 0.897. The molecule has 1 saturated heterocycles. The number of benzene rings is 1. The van der Waals surface area contributed by atoms with Crippen LogP contribution in [0.1, 0.15) is 18.9 Å². The number of piperidine rings is 1. The van der Waals surface area contributed by atoms with Gasteiger partial charge in [0.1, 0.15) is 5.82 Å². The lowest BCUT2D eigenvalue weighted by Crippen LogP contribution is -2.46. The van der Waals surface area contributed by atoms with Gasteiger partial charge in [-0.2, -0.15) is 0 Å². The Morgan fingerprint density at radius 3 is 3.12 bits per heavy atom. The van der Waals surface area contributed by atoms with Crippen molar-refractivity contribution in [2.75, 3.05) is 13.1 Å². The second-order valence-corrected chi connectivity index (χ2v) is 5.61. The van der Waals surface area contributed by atoms with Crippen LogP contribution in [0.25, 0.3) is 0 Å². The van der Waals surface area contributed by atoms with E-state index in [1.54, 1.807) is 6.07 Å². The van der Waals surface area contributed by atoms with Gasteiger partial charge in [-0.25, -0.2) is 4.39 Å². The van der Waals surface area contributed by atoms with Gasteiger partial charge in [-0.1, -0.05) is 22.9 Å². The molecule has 0 saturated carbocycles. The zero-order chi connectivity index (χ0) is 12.3. The van der Waals surface area contributed by atoms with Gasteiger partial charge in [0, 0.05) is 22.6 Å². The molecule has 0 aliphatic carbocycles. The van der Waals surface area contributed by atoms with Gasteiger partial charge in [-0.05, 0) is 43.6 Å². The third-order valence-corrected chi connectivity index (χ3v) is 3.84. The fourth-order valence-electron chi connectivity index (χ4n) is 2.24. The van der Waals surface area contributed by atoms with Crippen LogP contribution in [0.5, 0.6) is 0 Å². The van der Waals surface area contributed by atoms with Crippen LogP contribution in [0.4, 0.5) is 4.39 Å². The molecule has 2 atom stereocenters. The van der Waals surface area contributed by atoms with Crippen molar-refractivity contribution in [1.29, 1.82) is 0 Å². The zero-order valence-corrected chi connectivity index (χ0v) is 11.6. The molecule has 2 nitrogen and oxygen atoms in total. The highest BCUT2D eigenvalue weighted by molar-refractivity contribution is 9.10. The van der Waals surface area contributed by atoms with Gasteiger partial charge in [0.25, 0.3) is 0 Å². The lowest BCUT2D eigenvalue weighted by atomic mass is 9.95. The molecule has 4 heteroatoms. The average Bonchev–Trinajstić information content (AvgIpc) is 2.32. The Hall–Kier alpha value is -0.450. The molecule has 17 heavy (non-hydrogen) atoms.